The monoisotopic (exact) mass is 422 g/mol. The number of hydrogen-bond donors (Lipinski definition) is 4. The van der Waals surface area contributed by atoms with Crippen molar-refractivity contribution in [3.8, 4) is 0 Å². The molecule has 0 radical (unpaired) electrons. The van der Waals surface area contributed by atoms with Crippen molar-refractivity contribution in [2.75, 3.05) is 25.1 Å². The molecule has 0 saturated heterocycles. The van der Waals surface area contributed by atoms with Gasteiger partial charge in [-0.3, -0.25) is 0 Å². The third-order valence-corrected chi connectivity index (χ3v) is 4.09. The molecule has 0 fully saturated rings. The molecular formula is C4H26Cl2N4O6P2Zn+4. The molecule has 0 rings (SSSR count). The second-order valence-corrected chi connectivity index (χ2v) is 12.3. The smallest absolute Gasteiger partial charge is 0.122 e. The summed E-state index contributed by atoms with van der Waals surface area (Å²) >= 11 is -0.931. The van der Waals surface area contributed by atoms with Gasteiger partial charge in [0.1, 0.15) is 39.9 Å². The van der Waals surface area contributed by atoms with Gasteiger partial charge in [-0.25, -0.2) is 0 Å². The normalized spacial score (nSPS) is 9.26. The first-order chi connectivity index (χ1) is 7.66. The Hall–Kier alpha value is 1.34. The molecule has 0 bridgehead atoms. The van der Waals surface area contributed by atoms with Crippen molar-refractivity contribution >= 4 is 34.1 Å². The molecule has 0 unspecified atom stereocenters. The van der Waals surface area contributed by atoms with E-state index in [1.807, 2.05) is 0 Å². The Morgan fingerprint density at radius 2 is 0.895 bits per heavy atom. The van der Waals surface area contributed by atoms with Crippen LogP contribution in [0.3, 0.4) is 0 Å². The van der Waals surface area contributed by atoms with Gasteiger partial charge in [-0.15, -0.1) is 0 Å². The van der Waals surface area contributed by atoms with Crippen LogP contribution in [0.15, 0.2) is 0 Å². The van der Waals surface area contributed by atoms with Gasteiger partial charge in [-0.1, -0.05) is 0 Å². The average Bonchev–Trinajstić information content (AvgIpc) is 2.31. The Morgan fingerprint density at radius 1 is 0.789 bits per heavy atom. The molecule has 0 aromatic carbocycles. The van der Waals surface area contributed by atoms with E-state index >= 15 is 0 Å². The summed E-state index contributed by atoms with van der Waals surface area (Å²) in [6.45, 7) is 0. The summed E-state index contributed by atoms with van der Waals surface area (Å²) in [5.74, 6) is 0. The van der Waals surface area contributed by atoms with Crippen LogP contribution in [0, 0.1) is 0 Å². The topological polar surface area (TPSA) is 257 Å². The van der Waals surface area contributed by atoms with Crippen molar-refractivity contribution in [2.24, 2.45) is 0 Å². The summed E-state index contributed by atoms with van der Waals surface area (Å²) in [5.41, 5.74) is 12.9. The maximum atomic E-state index is 10.3. The zero-order chi connectivity index (χ0) is 14.5. The van der Waals surface area contributed by atoms with E-state index in [1.165, 1.54) is 0 Å². The summed E-state index contributed by atoms with van der Waals surface area (Å²) in [7, 11) is 3.65. The first-order valence-electron chi connectivity index (χ1n) is 4.53. The summed E-state index contributed by atoms with van der Waals surface area (Å²) in [6, 6.07) is 0. The molecule has 0 aliphatic heterocycles. The Balaban J connectivity index is -0.0000000525. The zero-order valence-corrected chi connectivity index (χ0v) is 17.1. The third kappa shape index (κ3) is 32.7. The number of hydrogen-bond acceptors (Lipinski definition) is 4. The molecular weight excluding hydrogens is 398 g/mol. The molecule has 120 valence electrons. The van der Waals surface area contributed by atoms with Crippen LogP contribution in [0.25, 0.3) is 0 Å². The molecule has 0 saturated carbocycles. The van der Waals surface area contributed by atoms with E-state index in [9.17, 15) is 18.9 Å². The molecule has 10 nitrogen and oxygen atoms in total. The van der Waals surface area contributed by atoms with Crippen molar-refractivity contribution in [1.82, 2.24) is 0 Å². The first kappa shape index (κ1) is 32.3. The average molecular weight is 425 g/mol. The minimum Gasteiger partial charge on any atom is -0.791 e. The fourth-order valence-corrected chi connectivity index (χ4v) is 0.671. The third-order valence-electron chi connectivity index (χ3n) is 1.36. The van der Waals surface area contributed by atoms with Gasteiger partial charge in [0.15, 0.2) is 0 Å². The number of rotatable bonds is 4. The fourth-order valence-electron chi connectivity index (χ4n) is 0.224. The molecule has 0 aliphatic rings. The second kappa shape index (κ2) is 19.3. The first-order valence-corrected chi connectivity index (χ1v) is 16.3. The van der Waals surface area contributed by atoms with Crippen molar-refractivity contribution in [3.63, 3.8) is 0 Å². The fraction of sp³-hybridized carbons (Fsp3) is 1.00. The van der Waals surface area contributed by atoms with Crippen LogP contribution in [0.4, 0.5) is 0 Å². The van der Waals surface area contributed by atoms with Crippen molar-refractivity contribution < 1.29 is 67.9 Å². The second-order valence-electron chi connectivity index (χ2n) is 2.62. The Labute approximate surface area is 127 Å². The van der Waals surface area contributed by atoms with Gasteiger partial charge in [0, 0.05) is 0 Å². The molecule has 0 heterocycles. The van der Waals surface area contributed by atoms with Crippen molar-refractivity contribution in [3.05, 3.63) is 0 Å². The van der Waals surface area contributed by atoms with E-state index in [0.29, 0.717) is 0 Å². The standard InChI is InChI=1S/2C2H9N2O2P.2ClH.2H2O.Zn/c2*3-1-7(5,6)2-4;;;;;/h2*1-4H2,(H,5,6);2*1H;2*1H2;/q;;;;;;+2/p+2. The van der Waals surface area contributed by atoms with E-state index in [1.54, 1.807) is 0 Å². The summed E-state index contributed by atoms with van der Waals surface area (Å²) in [5, 5.41) is 0. The minimum atomic E-state index is -3.13. The molecule has 0 aliphatic carbocycles. The van der Waals surface area contributed by atoms with Gasteiger partial charge >= 0.3 is 34.5 Å². The molecule has 15 heteroatoms. The van der Waals surface area contributed by atoms with E-state index in [4.69, 9.17) is 19.4 Å². The van der Waals surface area contributed by atoms with Crippen LogP contribution in [0.1, 0.15) is 0 Å². The van der Waals surface area contributed by atoms with Gasteiger partial charge in [-0.05, 0) is 0 Å². The van der Waals surface area contributed by atoms with Crippen LogP contribution in [-0.2, 0) is 35.2 Å². The van der Waals surface area contributed by atoms with Gasteiger partial charge < -0.3 is 52.8 Å². The van der Waals surface area contributed by atoms with Crippen LogP contribution in [-0.4, -0.2) is 25.1 Å². The molecule has 19 heavy (non-hydrogen) atoms. The number of quaternary nitrogens is 4. The van der Waals surface area contributed by atoms with Crippen molar-refractivity contribution in [2.45, 2.75) is 0 Å². The van der Waals surface area contributed by atoms with Gasteiger partial charge in [0.05, 0.1) is 0 Å². The van der Waals surface area contributed by atoms with Crippen LogP contribution in [0.5, 0.6) is 0 Å². The van der Waals surface area contributed by atoms with Crippen LogP contribution >= 0.6 is 34.1 Å². The number of halogens is 2. The SMILES string of the molecule is [Cl][Zn][Cl].[NH3+]CP(=O)([O-])C[NH3+].[NH3+]CP(=O)([O-])C[NH3+].[OH3+].[OH3+]. The van der Waals surface area contributed by atoms with Crippen LogP contribution < -0.4 is 32.7 Å². The van der Waals surface area contributed by atoms with Crippen molar-refractivity contribution in [1.29, 1.82) is 0 Å². The Kier molecular flexibility index (Phi) is 32.9. The van der Waals surface area contributed by atoms with Gasteiger partial charge in [0.2, 0.25) is 0 Å². The molecule has 0 aromatic heterocycles. The Morgan fingerprint density at radius 3 is 0.895 bits per heavy atom. The largest absolute Gasteiger partial charge is 0.791 e. The van der Waals surface area contributed by atoms with Gasteiger partial charge in [0.25, 0.3) is 0 Å². The summed E-state index contributed by atoms with van der Waals surface area (Å²) in [4.78, 5) is 20.5. The molecule has 0 atom stereocenters. The van der Waals surface area contributed by atoms with E-state index in [-0.39, 0.29) is 36.1 Å². The zero-order valence-electron chi connectivity index (χ0n) is 10.8. The van der Waals surface area contributed by atoms with Crippen LogP contribution in [0.2, 0.25) is 0 Å². The van der Waals surface area contributed by atoms with E-state index in [2.05, 4.69) is 22.9 Å². The summed E-state index contributed by atoms with van der Waals surface area (Å²) in [6.07, 6.45) is -0.0694. The predicted molar refractivity (Wildman–Crippen MR) is 67.7 cm³/mol. The molecule has 18 N–H and O–H groups in total. The maximum Gasteiger partial charge on any atom is 0.122 e. The predicted octanol–water partition coefficient (Wildman–Crippen LogP) is -6.42. The quantitative estimate of drug-likeness (QED) is 0.195. The Bertz CT molecular complexity index is 225. The molecule has 0 aromatic rings. The molecule has 0 amide bonds. The maximum absolute atomic E-state index is 10.3. The van der Waals surface area contributed by atoms with E-state index < -0.39 is 29.9 Å². The van der Waals surface area contributed by atoms with Gasteiger partial charge in [-0.2, -0.15) is 0 Å². The minimum absolute atomic E-state index is 0. The molecule has 0 spiro atoms. The van der Waals surface area contributed by atoms with E-state index in [0.717, 1.165) is 0 Å². The summed E-state index contributed by atoms with van der Waals surface area (Å²) < 4.78 is 20.5.